The van der Waals surface area contributed by atoms with Crippen LogP contribution in [0.4, 0.5) is 10.3 Å². The molecule has 0 radical (unpaired) electrons. The summed E-state index contributed by atoms with van der Waals surface area (Å²) in [6, 6.07) is 31.7. The van der Waals surface area contributed by atoms with Crippen molar-refractivity contribution in [2.45, 2.75) is 65.4 Å². The standard InChI is InChI=1S/C49H53N5O6S2/c1-29(2)44-42(32-13-9-15-38(24-32)59-5)53-49(62-44)52-27-37(47(57)58)23-34-19-20-36(40-21-22-50-41(34)40)28-60-39-16-10-14-33(25-39)43-45(30(3)4)61-48(54-43)51-26-35(46(55)56)18-17-31-11-7-6-8-12-31/h6-16,19-22,24-25,29-30,35,37,50H,17-18,23,26-28H2,1-5H3,(H,51,54)(H,52,53)(H,55,56)(H,57,58). The molecule has 0 spiro atoms. The van der Waals surface area contributed by atoms with Gasteiger partial charge in [-0.05, 0) is 78.1 Å². The van der Waals surface area contributed by atoms with E-state index in [2.05, 4.69) is 43.3 Å². The van der Waals surface area contributed by atoms with Crippen molar-refractivity contribution in [3.05, 3.63) is 130 Å². The molecule has 3 heterocycles. The Morgan fingerprint density at radius 2 is 1.29 bits per heavy atom. The zero-order valence-electron chi connectivity index (χ0n) is 35.6. The molecular formula is C49H53N5O6S2. The quantitative estimate of drug-likeness (QED) is 0.0470. The van der Waals surface area contributed by atoms with Crippen molar-refractivity contribution in [3.8, 4) is 34.0 Å². The Balaban J connectivity index is 1.01. The molecule has 62 heavy (non-hydrogen) atoms. The molecule has 0 saturated carbocycles. The van der Waals surface area contributed by atoms with Gasteiger partial charge in [0.15, 0.2) is 10.3 Å². The normalized spacial score (nSPS) is 12.4. The molecule has 322 valence electrons. The highest BCUT2D eigenvalue weighted by atomic mass is 32.1. The summed E-state index contributed by atoms with van der Waals surface area (Å²) >= 11 is 3.11. The molecule has 0 fully saturated rings. The van der Waals surface area contributed by atoms with E-state index in [1.54, 1.807) is 29.8 Å². The molecule has 13 heteroatoms. The number of aliphatic carboxylic acids is 2. The Bertz CT molecular complexity index is 2620. The van der Waals surface area contributed by atoms with Crippen molar-refractivity contribution >= 4 is 55.8 Å². The van der Waals surface area contributed by atoms with Gasteiger partial charge >= 0.3 is 11.9 Å². The van der Waals surface area contributed by atoms with Gasteiger partial charge in [0, 0.05) is 51.1 Å². The molecule has 5 N–H and O–H groups in total. The van der Waals surface area contributed by atoms with Crippen molar-refractivity contribution in [3.63, 3.8) is 0 Å². The molecule has 0 aliphatic rings. The summed E-state index contributed by atoms with van der Waals surface area (Å²) in [4.78, 5) is 40.2. The van der Waals surface area contributed by atoms with E-state index in [4.69, 9.17) is 19.4 Å². The number of carbonyl (C=O) groups is 2. The van der Waals surface area contributed by atoms with Crippen LogP contribution in [0.25, 0.3) is 33.4 Å². The first kappa shape index (κ1) is 43.9. The molecule has 0 saturated heterocycles. The van der Waals surface area contributed by atoms with E-state index < -0.39 is 23.8 Å². The summed E-state index contributed by atoms with van der Waals surface area (Å²) in [7, 11) is 1.64. The van der Waals surface area contributed by atoms with E-state index in [1.807, 2.05) is 103 Å². The fraction of sp³-hybridized carbons (Fsp3) is 0.306. The second-order valence-electron chi connectivity index (χ2n) is 16.0. The van der Waals surface area contributed by atoms with E-state index >= 15 is 0 Å². The lowest BCUT2D eigenvalue weighted by atomic mass is 9.96. The van der Waals surface area contributed by atoms with Crippen LogP contribution in [0, 0.1) is 11.8 Å². The van der Waals surface area contributed by atoms with Crippen LogP contribution in [-0.2, 0) is 29.0 Å². The van der Waals surface area contributed by atoms with Gasteiger partial charge in [0.1, 0.15) is 18.1 Å². The zero-order chi connectivity index (χ0) is 43.8. The van der Waals surface area contributed by atoms with E-state index in [9.17, 15) is 19.8 Å². The first-order chi connectivity index (χ1) is 30.0. The van der Waals surface area contributed by atoms with Crippen LogP contribution < -0.4 is 20.1 Å². The first-order valence-corrected chi connectivity index (χ1v) is 22.5. The number of hydrogen-bond donors (Lipinski definition) is 5. The molecule has 7 aromatic rings. The van der Waals surface area contributed by atoms with Crippen LogP contribution in [0.2, 0.25) is 0 Å². The lowest BCUT2D eigenvalue weighted by Crippen LogP contribution is -2.25. The highest BCUT2D eigenvalue weighted by Gasteiger charge is 2.24. The Kier molecular flexibility index (Phi) is 14.3. The number of aryl methyl sites for hydroxylation is 1. The SMILES string of the molecule is COc1cccc(-c2nc(NCC(Cc3ccc(COc4cccc(-c5nc(NCC(CCc6ccccc6)C(=O)O)sc5C(C)C)c4)c4cc[nH]c34)C(=O)O)sc2C(C)C)c1. The van der Waals surface area contributed by atoms with Crippen molar-refractivity contribution in [1.82, 2.24) is 15.0 Å². The molecular weight excluding hydrogens is 819 g/mol. The number of carboxylic acids is 2. The molecule has 2 unspecified atom stereocenters. The number of H-pyrrole nitrogens is 1. The highest BCUT2D eigenvalue weighted by Crippen LogP contribution is 2.39. The average Bonchev–Trinajstić information content (AvgIpc) is 4.05. The second-order valence-corrected chi connectivity index (χ2v) is 18.1. The number of benzene rings is 4. The van der Waals surface area contributed by atoms with Crippen LogP contribution in [0.3, 0.4) is 0 Å². The third-order valence-electron chi connectivity index (χ3n) is 10.9. The molecule has 2 atom stereocenters. The van der Waals surface area contributed by atoms with E-state index in [0.717, 1.165) is 65.6 Å². The summed E-state index contributed by atoms with van der Waals surface area (Å²) in [6.07, 6.45) is 3.41. The lowest BCUT2D eigenvalue weighted by molar-refractivity contribution is -0.142. The Labute approximate surface area is 370 Å². The van der Waals surface area contributed by atoms with Crippen molar-refractivity contribution < 1.29 is 29.3 Å². The molecule has 0 bridgehead atoms. The Hall–Kier alpha value is -6.18. The van der Waals surface area contributed by atoms with Crippen LogP contribution in [0.15, 0.2) is 103 Å². The summed E-state index contributed by atoms with van der Waals surface area (Å²) < 4.78 is 11.8. The number of fused-ring (bicyclic) bond motifs is 1. The Morgan fingerprint density at radius 3 is 1.89 bits per heavy atom. The third-order valence-corrected chi connectivity index (χ3v) is 13.5. The van der Waals surface area contributed by atoms with E-state index in [0.29, 0.717) is 41.9 Å². The molecule has 3 aromatic heterocycles. The monoisotopic (exact) mass is 871 g/mol. The predicted octanol–water partition coefficient (Wildman–Crippen LogP) is 11.4. The van der Waals surface area contributed by atoms with Gasteiger partial charge < -0.3 is 35.3 Å². The van der Waals surface area contributed by atoms with Gasteiger partial charge in [-0.15, -0.1) is 22.7 Å². The number of carboxylic acid groups (broad SMARTS) is 2. The number of anilines is 2. The number of thiazole rings is 2. The van der Waals surface area contributed by atoms with Crippen LogP contribution in [-0.4, -0.2) is 57.3 Å². The van der Waals surface area contributed by atoms with Crippen LogP contribution >= 0.6 is 22.7 Å². The number of ether oxygens (including phenoxy) is 2. The summed E-state index contributed by atoms with van der Waals surface area (Å²) in [5, 5.41) is 29.3. The van der Waals surface area contributed by atoms with E-state index in [1.165, 1.54) is 0 Å². The molecule has 7 rings (SSSR count). The molecule has 0 aliphatic heterocycles. The van der Waals surface area contributed by atoms with Gasteiger partial charge in [0.25, 0.3) is 0 Å². The number of aromatic nitrogens is 3. The molecule has 0 aliphatic carbocycles. The second kappa shape index (κ2) is 20.1. The van der Waals surface area contributed by atoms with Crippen molar-refractivity contribution in [2.75, 3.05) is 30.8 Å². The predicted molar refractivity (Wildman–Crippen MR) is 250 cm³/mol. The fourth-order valence-electron chi connectivity index (χ4n) is 7.48. The minimum Gasteiger partial charge on any atom is -0.497 e. The highest BCUT2D eigenvalue weighted by molar-refractivity contribution is 7.16. The van der Waals surface area contributed by atoms with Gasteiger partial charge in [-0.3, -0.25) is 9.59 Å². The maximum absolute atomic E-state index is 12.6. The maximum Gasteiger partial charge on any atom is 0.308 e. The van der Waals surface area contributed by atoms with Crippen LogP contribution in [0.5, 0.6) is 11.5 Å². The third kappa shape index (κ3) is 10.6. The zero-order valence-corrected chi connectivity index (χ0v) is 37.2. The fourth-order valence-corrected chi connectivity index (χ4v) is 9.47. The maximum atomic E-state index is 12.6. The molecule has 11 nitrogen and oxygen atoms in total. The van der Waals surface area contributed by atoms with Gasteiger partial charge in [-0.2, -0.15) is 0 Å². The number of methoxy groups -OCH3 is 1. The van der Waals surface area contributed by atoms with Crippen molar-refractivity contribution in [2.24, 2.45) is 11.8 Å². The Morgan fingerprint density at radius 1 is 0.710 bits per heavy atom. The summed E-state index contributed by atoms with van der Waals surface area (Å²) in [5.74, 6) is -1.08. The number of nitrogens with one attached hydrogen (secondary N) is 3. The number of rotatable bonds is 21. The minimum absolute atomic E-state index is 0.204. The molecule has 0 amide bonds. The lowest BCUT2D eigenvalue weighted by Gasteiger charge is -2.15. The number of nitrogens with zero attached hydrogens (tertiary/aromatic N) is 2. The molecule has 4 aromatic carbocycles. The van der Waals surface area contributed by atoms with Crippen LogP contribution in [0.1, 0.15) is 72.4 Å². The topological polar surface area (TPSA) is 159 Å². The first-order valence-electron chi connectivity index (χ1n) is 20.9. The average molecular weight is 872 g/mol. The van der Waals surface area contributed by atoms with Gasteiger partial charge in [0.2, 0.25) is 0 Å². The summed E-state index contributed by atoms with van der Waals surface area (Å²) in [5.41, 5.74) is 7.48. The largest absolute Gasteiger partial charge is 0.497 e. The van der Waals surface area contributed by atoms with Crippen molar-refractivity contribution in [1.29, 1.82) is 0 Å². The van der Waals surface area contributed by atoms with Gasteiger partial charge in [-0.1, -0.05) is 94.4 Å². The van der Waals surface area contributed by atoms with Gasteiger partial charge in [0.05, 0.1) is 30.3 Å². The smallest absolute Gasteiger partial charge is 0.308 e. The number of hydrogen-bond acceptors (Lipinski definition) is 10. The van der Waals surface area contributed by atoms with E-state index in [-0.39, 0.29) is 24.9 Å². The number of aromatic amines is 1. The summed E-state index contributed by atoms with van der Waals surface area (Å²) in [6.45, 7) is 9.33. The minimum atomic E-state index is -0.884. The van der Waals surface area contributed by atoms with Gasteiger partial charge in [-0.25, -0.2) is 9.97 Å².